The molecule has 1 heterocycles. The minimum absolute atomic E-state index is 0.0441. The average molecular weight is 342 g/mol. The molecule has 2 N–H and O–H groups in total. The molecule has 1 aromatic carbocycles. The van der Waals surface area contributed by atoms with Crippen molar-refractivity contribution in [3.05, 3.63) is 35.4 Å². The molecule has 0 bridgehead atoms. The fraction of sp³-hybridized carbons (Fsp3) is 0.588. The smallest absolute Gasteiger partial charge is 0.378 e. The summed E-state index contributed by atoms with van der Waals surface area (Å²) in [7, 11) is 0. The van der Waals surface area contributed by atoms with Crippen LogP contribution in [0.1, 0.15) is 36.8 Å². The van der Waals surface area contributed by atoms with Gasteiger partial charge in [-0.25, -0.2) is 0 Å². The largest absolute Gasteiger partial charge is 0.416 e. The number of halogens is 3. The zero-order valence-electron chi connectivity index (χ0n) is 13.3. The number of carbonyl (C=O) groups is 1. The number of alkyl halides is 3. The zero-order valence-corrected chi connectivity index (χ0v) is 13.3. The predicted octanol–water partition coefficient (Wildman–Crippen LogP) is 2.58. The summed E-state index contributed by atoms with van der Waals surface area (Å²) < 4.78 is 44.1. The number of morpholine rings is 1. The number of benzene rings is 1. The highest BCUT2D eigenvalue weighted by molar-refractivity contribution is 5.78. The van der Waals surface area contributed by atoms with Crippen LogP contribution in [0.5, 0.6) is 0 Å². The molecule has 1 saturated heterocycles. The standard InChI is InChI=1S/C17H21F3N2O2/c18-17(19,20)13-4-1-3-12(9-13)16(5-2-6-16)22-15(23)10-14-11-24-8-7-21-14/h1,3-4,9,14,21H,2,5-8,10-11H2,(H,22,23). The summed E-state index contributed by atoms with van der Waals surface area (Å²) in [5, 5.41) is 6.18. The molecular formula is C17H21F3N2O2. The van der Waals surface area contributed by atoms with E-state index in [2.05, 4.69) is 10.6 Å². The summed E-state index contributed by atoms with van der Waals surface area (Å²) in [4.78, 5) is 12.3. The summed E-state index contributed by atoms with van der Waals surface area (Å²) in [5.74, 6) is -0.157. The van der Waals surface area contributed by atoms with E-state index in [9.17, 15) is 18.0 Å². The molecule has 1 atom stereocenters. The normalized spacial score (nSPS) is 23.4. The van der Waals surface area contributed by atoms with E-state index >= 15 is 0 Å². The van der Waals surface area contributed by atoms with Crippen molar-refractivity contribution in [3.8, 4) is 0 Å². The van der Waals surface area contributed by atoms with E-state index in [0.29, 0.717) is 38.2 Å². The van der Waals surface area contributed by atoms with Crippen molar-refractivity contribution in [2.45, 2.75) is 43.4 Å². The predicted molar refractivity (Wildman–Crippen MR) is 82.3 cm³/mol. The van der Waals surface area contributed by atoms with Gasteiger partial charge in [-0.1, -0.05) is 12.1 Å². The van der Waals surface area contributed by atoms with E-state index in [1.165, 1.54) is 6.07 Å². The molecule has 1 aliphatic carbocycles. The van der Waals surface area contributed by atoms with Crippen molar-refractivity contribution >= 4 is 5.91 Å². The first-order valence-electron chi connectivity index (χ1n) is 8.19. The van der Waals surface area contributed by atoms with Gasteiger partial charge < -0.3 is 15.4 Å². The molecule has 0 aromatic heterocycles. The van der Waals surface area contributed by atoms with Crippen molar-refractivity contribution < 1.29 is 22.7 Å². The van der Waals surface area contributed by atoms with E-state index in [1.54, 1.807) is 6.07 Å². The number of hydrogen-bond acceptors (Lipinski definition) is 3. The van der Waals surface area contributed by atoms with Gasteiger partial charge in [0.15, 0.2) is 0 Å². The number of nitrogens with one attached hydrogen (secondary N) is 2. The molecular weight excluding hydrogens is 321 g/mol. The zero-order chi connectivity index (χ0) is 17.2. The number of hydrogen-bond donors (Lipinski definition) is 2. The van der Waals surface area contributed by atoms with Crippen LogP contribution in [0.4, 0.5) is 13.2 Å². The van der Waals surface area contributed by atoms with E-state index < -0.39 is 17.3 Å². The van der Waals surface area contributed by atoms with Gasteiger partial charge in [0.05, 0.1) is 24.3 Å². The molecule has 1 saturated carbocycles. The van der Waals surface area contributed by atoms with Gasteiger partial charge in [0, 0.05) is 19.0 Å². The fourth-order valence-corrected chi connectivity index (χ4v) is 3.30. The average Bonchev–Trinajstić information content (AvgIpc) is 2.51. The monoisotopic (exact) mass is 342 g/mol. The first kappa shape index (κ1) is 17.2. The maximum atomic E-state index is 12.9. The third-order valence-corrected chi connectivity index (χ3v) is 4.76. The van der Waals surface area contributed by atoms with Crippen LogP contribution in [0.3, 0.4) is 0 Å². The lowest BCUT2D eigenvalue weighted by molar-refractivity contribution is -0.137. The Morgan fingerprint density at radius 1 is 1.38 bits per heavy atom. The topological polar surface area (TPSA) is 50.4 Å². The summed E-state index contributed by atoms with van der Waals surface area (Å²) in [5.41, 5.74) is -0.818. The molecule has 4 nitrogen and oxygen atoms in total. The Labute approximate surface area is 138 Å². The Kier molecular flexibility index (Phi) is 4.83. The molecule has 2 aliphatic rings. The Bertz CT molecular complexity index is 594. The van der Waals surface area contributed by atoms with Crippen LogP contribution in [-0.4, -0.2) is 31.7 Å². The second kappa shape index (κ2) is 6.72. The second-order valence-electron chi connectivity index (χ2n) is 6.49. The minimum Gasteiger partial charge on any atom is -0.378 e. The first-order valence-corrected chi connectivity index (χ1v) is 8.19. The summed E-state index contributed by atoms with van der Waals surface area (Å²) in [6, 6.07) is 5.23. The summed E-state index contributed by atoms with van der Waals surface area (Å²) in [6.45, 7) is 1.81. The van der Waals surface area contributed by atoms with Crippen molar-refractivity contribution in [1.82, 2.24) is 10.6 Å². The van der Waals surface area contributed by atoms with E-state index in [0.717, 1.165) is 18.6 Å². The Hall–Kier alpha value is -1.60. The third kappa shape index (κ3) is 3.72. The second-order valence-corrected chi connectivity index (χ2v) is 6.49. The van der Waals surface area contributed by atoms with Crippen molar-refractivity contribution in [1.29, 1.82) is 0 Å². The van der Waals surface area contributed by atoms with Gasteiger partial charge >= 0.3 is 6.18 Å². The molecule has 24 heavy (non-hydrogen) atoms. The van der Waals surface area contributed by atoms with E-state index in [-0.39, 0.29) is 18.4 Å². The summed E-state index contributed by atoms with van der Waals surface area (Å²) in [6.07, 6.45) is -1.90. The van der Waals surface area contributed by atoms with Gasteiger partial charge in [-0.2, -0.15) is 13.2 Å². The van der Waals surface area contributed by atoms with E-state index in [1.807, 2.05) is 0 Å². The molecule has 1 amide bonds. The molecule has 7 heteroatoms. The lowest BCUT2D eigenvalue weighted by atomic mass is 9.71. The van der Waals surface area contributed by atoms with Gasteiger partial charge in [0.1, 0.15) is 0 Å². The lowest BCUT2D eigenvalue weighted by Crippen LogP contribution is -2.53. The SMILES string of the molecule is O=C(CC1COCCN1)NC1(c2cccc(C(F)(F)F)c2)CCC1. The Morgan fingerprint density at radius 2 is 2.17 bits per heavy atom. The molecule has 3 rings (SSSR count). The van der Waals surface area contributed by atoms with Crippen LogP contribution in [0.25, 0.3) is 0 Å². The number of amides is 1. The third-order valence-electron chi connectivity index (χ3n) is 4.76. The quantitative estimate of drug-likeness (QED) is 0.884. The molecule has 0 radical (unpaired) electrons. The Balaban J connectivity index is 1.71. The van der Waals surface area contributed by atoms with Crippen LogP contribution in [0.2, 0.25) is 0 Å². The van der Waals surface area contributed by atoms with Gasteiger partial charge in [0.2, 0.25) is 5.91 Å². The highest BCUT2D eigenvalue weighted by Crippen LogP contribution is 2.43. The highest BCUT2D eigenvalue weighted by Gasteiger charge is 2.41. The van der Waals surface area contributed by atoms with Gasteiger partial charge in [-0.05, 0) is 37.0 Å². The fourth-order valence-electron chi connectivity index (χ4n) is 3.30. The van der Waals surface area contributed by atoms with E-state index in [4.69, 9.17) is 4.74 Å². The first-order chi connectivity index (χ1) is 11.4. The Morgan fingerprint density at radius 3 is 2.75 bits per heavy atom. The van der Waals surface area contributed by atoms with Crippen LogP contribution in [-0.2, 0) is 21.2 Å². The van der Waals surface area contributed by atoms with Crippen LogP contribution >= 0.6 is 0 Å². The summed E-state index contributed by atoms with van der Waals surface area (Å²) >= 11 is 0. The van der Waals surface area contributed by atoms with Gasteiger partial charge in [0.25, 0.3) is 0 Å². The maximum Gasteiger partial charge on any atom is 0.416 e. The highest BCUT2D eigenvalue weighted by atomic mass is 19.4. The van der Waals surface area contributed by atoms with Crippen molar-refractivity contribution in [2.75, 3.05) is 19.8 Å². The van der Waals surface area contributed by atoms with Crippen LogP contribution < -0.4 is 10.6 Å². The van der Waals surface area contributed by atoms with Crippen molar-refractivity contribution in [3.63, 3.8) is 0 Å². The molecule has 0 spiro atoms. The number of ether oxygens (including phenoxy) is 1. The lowest BCUT2D eigenvalue weighted by Gasteiger charge is -2.43. The van der Waals surface area contributed by atoms with Crippen LogP contribution in [0.15, 0.2) is 24.3 Å². The van der Waals surface area contributed by atoms with Crippen molar-refractivity contribution in [2.24, 2.45) is 0 Å². The number of carbonyl (C=O) groups excluding carboxylic acids is 1. The molecule has 1 unspecified atom stereocenters. The molecule has 1 aliphatic heterocycles. The van der Waals surface area contributed by atoms with Crippen LogP contribution in [0, 0.1) is 0 Å². The van der Waals surface area contributed by atoms with Gasteiger partial charge in [-0.15, -0.1) is 0 Å². The van der Waals surface area contributed by atoms with Gasteiger partial charge in [-0.3, -0.25) is 4.79 Å². The molecule has 132 valence electrons. The molecule has 2 fully saturated rings. The minimum atomic E-state index is -4.38. The molecule has 1 aromatic rings. The number of rotatable bonds is 4. The maximum absolute atomic E-state index is 12.9.